The maximum Gasteiger partial charge on any atom is 0.334 e. The van der Waals surface area contributed by atoms with Crippen LogP contribution >= 0.6 is 0 Å². The van der Waals surface area contributed by atoms with Crippen LogP contribution in [0.25, 0.3) is 0 Å². The minimum Gasteiger partial charge on any atom is -0.461 e. The van der Waals surface area contributed by atoms with Gasteiger partial charge in [-0.3, -0.25) is 0 Å². The Kier molecular flexibility index (Phi) is 7.37. The number of carbonyl (C=O) groups is 1. The molecule has 1 N–H and O–H groups in total. The minimum atomic E-state index is -1.10. The van der Waals surface area contributed by atoms with E-state index in [0.29, 0.717) is 13.2 Å². The SMILES string of the molecule is CCOCC(COC(=O)C(C)O)OC. The summed E-state index contributed by atoms with van der Waals surface area (Å²) in [5.41, 5.74) is 0. The average molecular weight is 206 g/mol. The lowest BCUT2D eigenvalue weighted by molar-refractivity contribution is -0.157. The molecular formula is C9H18O5. The van der Waals surface area contributed by atoms with Gasteiger partial charge in [0.2, 0.25) is 0 Å². The van der Waals surface area contributed by atoms with Gasteiger partial charge in [0, 0.05) is 13.7 Å². The molecular weight excluding hydrogens is 188 g/mol. The maximum atomic E-state index is 10.9. The summed E-state index contributed by atoms with van der Waals surface area (Å²) >= 11 is 0. The minimum absolute atomic E-state index is 0.0975. The number of aliphatic hydroxyl groups excluding tert-OH is 1. The smallest absolute Gasteiger partial charge is 0.334 e. The largest absolute Gasteiger partial charge is 0.461 e. The van der Waals surface area contributed by atoms with Crippen molar-refractivity contribution in [2.75, 3.05) is 26.9 Å². The lowest BCUT2D eigenvalue weighted by Gasteiger charge is -2.15. The van der Waals surface area contributed by atoms with Crippen molar-refractivity contribution < 1.29 is 24.1 Å². The third kappa shape index (κ3) is 5.90. The molecule has 0 rings (SSSR count). The zero-order valence-electron chi connectivity index (χ0n) is 8.86. The van der Waals surface area contributed by atoms with Gasteiger partial charge in [0.05, 0.1) is 6.61 Å². The van der Waals surface area contributed by atoms with Gasteiger partial charge >= 0.3 is 5.97 Å². The Hall–Kier alpha value is -0.650. The molecule has 0 aromatic heterocycles. The Bertz CT molecular complexity index is 157. The number of esters is 1. The van der Waals surface area contributed by atoms with E-state index in [2.05, 4.69) is 0 Å². The van der Waals surface area contributed by atoms with E-state index in [0.717, 1.165) is 0 Å². The monoisotopic (exact) mass is 206 g/mol. The van der Waals surface area contributed by atoms with Gasteiger partial charge in [0.1, 0.15) is 18.8 Å². The van der Waals surface area contributed by atoms with E-state index < -0.39 is 12.1 Å². The van der Waals surface area contributed by atoms with Crippen LogP contribution in [0.1, 0.15) is 13.8 Å². The first-order chi connectivity index (χ1) is 6.61. The van der Waals surface area contributed by atoms with E-state index in [1.165, 1.54) is 14.0 Å². The molecule has 0 fully saturated rings. The second-order valence-electron chi connectivity index (χ2n) is 2.82. The molecule has 84 valence electrons. The molecule has 0 spiro atoms. The third-order valence-electron chi connectivity index (χ3n) is 1.59. The topological polar surface area (TPSA) is 65.0 Å². The van der Waals surface area contributed by atoms with Crippen LogP contribution in [0.15, 0.2) is 0 Å². The second-order valence-corrected chi connectivity index (χ2v) is 2.82. The summed E-state index contributed by atoms with van der Waals surface area (Å²) in [6.07, 6.45) is -1.38. The van der Waals surface area contributed by atoms with E-state index in [1.54, 1.807) is 0 Å². The summed E-state index contributed by atoms with van der Waals surface area (Å²) in [6.45, 7) is 4.28. The molecule has 0 aliphatic rings. The highest BCUT2D eigenvalue weighted by Gasteiger charge is 2.14. The molecule has 0 radical (unpaired) electrons. The summed E-state index contributed by atoms with van der Waals surface area (Å²) in [7, 11) is 1.51. The molecule has 0 saturated heterocycles. The Balaban J connectivity index is 3.66. The number of methoxy groups -OCH3 is 1. The highest BCUT2D eigenvalue weighted by Crippen LogP contribution is 1.95. The van der Waals surface area contributed by atoms with Crippen molar-refractivity contribution >= 4 is 5.97 Å². The fourth-order valence-electron chi connectivity index (χ4n) is 0.729. The Labute approximate surface area is 84.0 Å². The van der Waals surface area contributed by atoms with Gasteiger partial charge in [0.15, 0.2) is 0 Å². The van der Waals surface area contributed by atoms with Crippen LogP contribution in [-0.4, -0.2) is 50.2 Å². The van der Waals surface area contributed by atoms with Gasteiger partial charge in [-0.1, -0.05) is 0 Å². The molecule has 0 heterocycles. The molecule has 2 unspecified atom stereocenters. The molecule has 0 amide bonds. The molecule has 14 heavy (non-hydrogen) atoms. The zero-order chi connectivity index (χ0) is 11.0. The van der Waals surface area contributed by atoms with Crippen LogP contribution in [0.4, 0.5) is 0 Å². The number of hydrogen-bond donors (Lipinski definition) is 1. The lowest BCUT2D eigenvalue weighted by Crippen LogP contribution is -2.29. The van der Waals surface area contributed by atoms with Crippen LogP contribution < -0.4 is 0 Å². The summed E-state index contributed by atoms with van der Waals surface area (Å²) in [4.78, 5) is 10.9. The Morgan fingerprint density at radius 1 is 1.43 bits per heavy atom. The number of aliphatic hydroxyl groups is 1. The highest BCUT2D eigenvalue weighted by molar-refractivity contribution is 5.73. The maximum absolute atomic E-state index is 10.9. The van der Waals surface area contributed by atoms with Crippen molar-refractivity contribution in [2.45, 2.75) is 26.1 Å². The van der Waals surface area contributed by atoms with E-state index in [9.17, 15) is 4.79 Å². The molecule has 0 aliphatic carbocycles. The van der Waals surface area contributed by atoms with Crippen LogP contribution in [-0.2, 0) is 19.0 Å². The van der Waals surface area contributed by atoms with Gasteiger partial charge in [-0.15, -0.1) is 0 Å². The number of carbonyl (C=O) groups excluding carboxylic acids is 1. The van der Waals surface area contributed by atoms with Crippen LogP contribution in [0, 0.1) is 0 Å². The molecule has 5 heteroatoms. The van der Waals surface area contributed by atoms with Crippen molar-refractivity contribution in [1.82, 2.24) is 0 Å². The van der Waals surface area contributed by atoms with E-state index in [4.69, 9.17) is 19.3 Å². The predicted molar refractivity (Wildman–Crippen MR) is 49.9 cm³/mol. The second kappa shape index (κ2) is 7.73. The van der Waals surface area contributed by atoms with Gasteiger partial charge in [0.25, 0.3) is 0 Å². The molecule has 5 nitrogen and oxygen atoms in total. The van der Waals surface area contributed by atoms with Gasteiger partial charge in [-0.05, 0) is 13.8 Å². The average Bonchev–Trinajstić information content (AvgIpc) is 2.17. The third-order valence-corrected chi connectivity index (χ3v) is 1.59. The van der Waals surface area contributed by atoms with E-state index >= 15 is 0 Å². The van der Waals surface area contributed by atoms with Gasteiger partial charge in [-0.25, -0.2) is 4.79 Å². The van der Waals surface area contributed by atoms with Crippen LogP contribution in [0.3, 0.4) is 0 Å². The van der Waals surface area contributed by atoms with Crippen LogP contribution in [0.2, 0.25) is 0 Å². The van der Waals surface area contributed by atoms with E-state index in [-0.39, 0.29) is 12.7 Å². The highest BCUT2D eigenvalue weighted by atomic mass is 16.6. The molecule has 2 atom stereocenters. The Morgan fingerprint density at radius 3 is 2.50 bits per heavy atom. The summed E-state index contributed by atoms with van der Waals surface area (Å²) < 4.78 is 14.9. The quantitative estimate of drug-likeness (QED) is 0.592. The van der Waals surface area contributed by atoms with Crippen LogP contribution in [0.5, 0.6) is 0 Å². The normalized spacial score (nSPS) is 14.9. The van der Waals surface area contributed by atoms with Gasteiger partial charge < -0.3 is 19.3 Å². The zero-order valence-corrected chi connectivity index (χ0v) is 8.86. The summed E-state index contributed by atoms with van der Waals surface area (Å²) in [5, 5.41) is 8.84. The molecule has 0 aromatic carbocycles. The lowest BCUT2D eigenvalue weighted by atomic mass is 10.4. The number of ether oxygens (including phenoxy) is 3. The summed E-state index contributed by atoms with van der Waals surface area (Å²) in [5.74, 6) is -0.649. The standard InChI is InChI=1S/C9H18O5/c1-4-13-5-8(12-3)6-14-9(11)7(2)10/h7-8,10H,4-6H2,1-3H3. The molecule has 0 aliphatic heterocycles. The van der Waals surface area contributed by atoms with Crippen molar-refractivity contribution in [2.24, 2.45) is 0 Å². The molecule has 0 aromatic rings. The molecule has 0 bridgehead atoms. The van der Waals surface area contributed by atoms with Crippen molar-refractivity contribution in [3.05, 3.63) is 0 Å². The number of rotatable bonds is 7. The Morgan fingerprint density at radius 2 is 2.07 bits per heavy atom. The van der Waals surface area contributed by atoms with E-state index in [1.807, 2.05) is 6.92 Å². The molecule has 0 saturated carbocycles. The fraction of sp³-hybridized carbons (Fsp3) is 0.889. The fourth-order valence-corrected chi connectivity index (χ4v) is 0.729. The van der Waals surface area contributed by atoms with Crippen molar-refractivity contribution in [3.63, 3.8) is 0 Å². The first-order valence-electron chi connectivity index (χ1n) is 4.57. The van der Waals surface area contributed by atoms with Gasteiger partial charge in [-0.2, -0.15) is 0 Å². The van der Waals surface area contributed by atoms with Crippen molar-refractivity contribution in [3.8, 4) is 0 Å². The first kappa shape index (κ1) is 13.4. The predicted octanol–water partition coefficient (Wildman–Crippen LogP) is -0.0381. The summed E-state index contributed by atoms with van der Waals surface area (Å²) in [6, 6.07) is 0. The first-order valence-corrected chi connectivity index (χ1v) is 4.57. The number of hydrogen-bond acceptors (Lipinski definition) is 5. The van der Waals surface area contributed by atoms with Crippen molar-refractivity contribution in [1.29, 1.82) is 0 Å².